The fourth-order valence-corrected chi connectivity index (χ4v) is 3.53. The number of carbonyl (C=O) groups excluding carboxylic acids is 2. The van der Waals surface area contributed by atoms with Gasteiger partial charge in [-0.25, -0.2) is 9.59 Å². The third kappa shape index (κ3) is 9.64. The van der Waals surface area contributed by atoms with Crippen molar-refractivity contribution in [1.29, 1.82) is 0 Å². The molecule has 188 valence electrons. The van der Waals surface area contributed by atoms with Gasteiger partial charge in [-0.1, -0.05) is 103 Å². The summed E-state index contributed by atoms with van der Waals surface area (Å²) in [6.07, 6.45) is 1.67. The molecule has 0 saturated heterocycles. The summed E-state index contributed by atoms with van der Waals surface area (Å²) in [6.45, 7) is 0.0234. The van der Waals surface area contributed by atoms with E-state index in [1.807, 2.05) is 91.0 Å². The molecule has 0 bridgehead atoms. The Labute approximate surface area is 211 Å². The maximum Gasteiger partial charge on any atom is 0.508 e. The van der Waals surface area contributed by atoms with E-state index in [4.69, 9.17) is 19.3 Å². The second-order valence-corrected chi connectivity index (χ2v) is 8.07. The van der Waals surface area contributed by atoms with Gasteiger partial charge in [0.1, 0.15) is 19.3 Å². The quantitative estimate of drug-likeness (QED) is 0.269. The van der Waals surface area contributed by atoms with Gasteiger partial charge in [-0.15, -0.1) is 0 Å². The first kappa shape index (κ1) is 26.5. The number of alkyl carbamates (subject to hydrolysis) is 1. The zero-order chi connectivity index (χ0) is 25.4. The van der Waals surface area contributed by atoms with Crippen molar-refractivity contribution in [2.75, 3.05) is 6.61 Å². The van der Waals surface area contributed by atoms with E-state index in [0.29, 0.717) is 6.42 Å². The molecule has 0 aromatic heterocycles. The summed E-state index contributed by atoms with van der Waals surface area (Å²) in [4.78, 5) is 25.2. The third-order valence-electron chi connectivity index (χ3n) is 5.35. The van der Waals surface area contributed by atoms with Crippen LogP contribution in [-0.2, 0) is 33.8 Å². The van der Waals surface area contributed by atoms with Crippen molar-refractivity contribution < 1.29 is 28.9 Å². The number of aliphatic hydroxyl groups is 1. The molecule has 2 atom stereocenters. The van der Waals surface area contributed by atoms with Gasteiger partial charge in [0, 0.05) is 6.42 Å². The Bertz CT molecular complexity index is 1070. The van der Waals surface area contributed by atoms with E-state index >= 15 is 0 Å². The van der Waals surface area contributed by atoms with Crippen molar-refractivity contribution >= 4 is 12.2 Å². The second-order valence-electron chi connectivity index (χ2n) is 8.07. The van der Waals surface area contributed by atoms with Crippen LogP contribution < -0.4 is 5.32 Å². The number of hydrogen-bond acceptors (Lipinski definition) is 6. The van der Waals surface area contributed by atoms with Gasteiger partial charge in [0.25, 0.3) is 0 Å². The summed E-state index contributed by atoms with van der Waals surface area (Å²) < 4.78 is 16.4. The Balaban J connectivity index is 1.70. The molecule has 0 saturated carbocycles. The van der Waals surface area contributed by atoms with E-state index in [1.54, 1.807) is 12.2 Å². The molecular weight excluding hydrogens is 458 g/mol. The molecule has 3 aromatic carbocycles. The van der Waals surface area contributed by atoms with Crippen molar-refractivity contribution in [3.63, 3.8) is 0 Å². The molecule has 2 N–H and O–H groups in total. The predicted octanol–water partition coefficient (Wildman–Crippen LogP) is 5.18. The Hall–Kier alpha value is -4.10. The maximum atomic E-state index is 12.7. The second kappa shape index (κ2) is 15.0. The highest BCUT2D eigenvalue weighted by molar-refractivity contribution is 5.68. The summed E-state index contributed by atoms with van der Waals surface area (Å²) in [7, 11) is 0. The zero-order valence-corrected chi connectivity index (χ0v) is 20.0. The summed E-state index contributed by atoms with van der Waals surface area (Å²) in [6, 6.07) is 27.6. The first-order chi connectivity index (χ1) is 17.6. The van der Waals surface area contributed by atoms with Gasteiger partial charge in [0.15, 0.2) is 0 Å². The van der Waals surface area contributed by atoms with Crippen LogP contribution in [0.15, 0.2) is 103 Å². The lowest BCUT2D eigenvalue weighted by Gasteiger charge is -2.27. The van der Waals surface area contributed by atoms with Crippen LogP contribution in [0.1, 0.15) is 23.1 Å². The monoisotopic (exact) mass is 489 g/mol. The van der Waals surface area contributed by atoms with Gasteiger partial charge in [0.05, 0.1) is 12.6 Å². The summed E-state index contributed by atoms with van der Waals surface area (Å²) >= 11 is 0. The van der Waals surface area contributed by atoms with Gasteiger partial charge in [-0.2, -0.15) is 0 Å². The van der Waals surface area contributed by atoms with Crippen LogP contribution in [0.25, 0.3) is 0 Å². The Morgan fingerprint density at radius 1 is 0.750 bits per heavy atom. The van der Waals surface area contributed by atoms with Crippen molar-refractivity contribution in [3.8, 4) is 0 Å². The Morgan fingerprint density at radius 2 is 1.28 bits per heavy atom. The summed E-state index contributed by atoms with van der Waals surface area (Å²) in [5.41, 5.74) is 2.63. The van der Waals surface area contributed by atoms with Gasteiger partial charge < -0.3 is 24.6 Å². The molecule has 0 aliphatic rings. The molecule has 0 spiro atoms. The zero-order valence-electron chi connectivity index (χ0n) is 20.0. The van der Waals surface area contributed by atoms with Crippen LogP contribution in [0.2, 0.25) is 0 Å². The number of rotatable bonds is 12. The van der Waals surface area contributed by atoms with Gasteiger partial charge in [0.2, 0.25) is 0 Å². The van der Waals surface area contributed by atoms with Crippen LogP contribution in [-0.4, -0.2) is 36.1 Å². The number of benzene rings is 3. The van der Waals surface area contributed by atoms with Crippen LogP contribution in [0.5, 0.6) is 0 Å². The van der Waals surface area contributed by atoms with Crippen molar-refractivity contribution in [2.24, 2.45) is 0 Å². The van der Waals surface area contributed by atoms with Gasteiger partial charge >= 0.3 is 12.2 Å². The lowest BCUT2D eigenvalue weighted by atomic mass is 9.99. The number of aliphatic hydroxyl groups excluding tert-OH is 1. The number of amides is 1. The summed E-state index contributed by atoms with van der Waals surface area (Å²) in [5.74, 6) is 0. The Kier molecular flexibility index (Phi) is 11.1. The maximum absolute atomic E-state index is 12.7. The highest BCUT2D eigenvalue weighted by atomic mass is 16.7. The topological polar surface area (TPSA) is 94.1 Å². The predicted molar refractivity (Wildman–Crippen MR) is 136 cm³/mol. The minimum absolute atomic E-state index is 0.0643. The molecule has 3 rings (SSSR count). The van der Waals surface area contributed by atoms with Crippen molar-refractivity contribution in [1.82, 2.24) is 5.32 Å². The number of carbonyl (C=O) groups is 2. The molecule has 7 heteroatoms. The normalized spacial score (nSPS) is 12.5. The van der Waals surface area contributed by atoms with E-state index < -0.39 is 24.4 Å². The number of ether oxygens (including phenoxy) is 3. The molecule has 0 radical (unpaired) electrons. The molecule has 3 aromatic rings. The standard InChI is InChI=1S/C29H31NO6/c31-19-11-10-18-27(36-29(33)35-22-25-16-8-3-9-17-25)26(20-23-12-4-1-5-13-23)30-28(32)34-21-24-14-6-2-7-15-24/h1-17,26-27,31H,18-22H2,(H,30,32)/b11-10+/t26-,27-/m0/s1. The van der Waals surface area contributed by atoms with E-state index in [0.717, 1.165) is 16.7 Å². The molecule has 36 heavy (non-hydrogen) atoms. The van der Waals surface area contributed by atoms with E-state index in [-0.39, 0.29) is 26.2 Å². The largest absolute Gasteiger partial charge is 0.508 e. The minimum Gasteiger partial charge on any atom is -0.445 e. The van der Waals surface area contributed by atoms with E-state index in [1.165, 1.54) is 0 Å². The molecule has 1 amide bonds. The van der Waals surface area contributed by atoms with Crippen LogP contribution in [0, 0.1) is 0 Å². The SMILES string of the molecule is O=C(N[C@@H](Cc1ccccc1)[C@H](C/C=C/CO)OC(=O)OCc1ccccc1)OCc1ccccc1. The lowest BCUT2D eigenvalue weighted by Crippen LogP contribution is -2.46. The van der Waals surface area contributed by atoms with Gasteiger partial charge in [-0.05, 0) is 23.1 Å². The minimum atomic E-state index is -0.848. The average molecular weight is 490 g/mol. The molecule has 0 unspecified atom stereocenters. The van der Waals surface area contributed by atoms with Crippen LogP contribution in [0.3, 0.4) is 0 Å². The average Bonchev–Trinajstić information content (AvgIpc) is 2.92. The first-order valence-electron chi connectivity index (χ1n) is 11.8. The summed E-state index contributed by atoms with van der Waals surface area (Å²) in [5, 5.41) is 12.0. The highest BCUT2D eigenvalue weighted by Crippen LogP contribution is 2.15. The van der Waals surface area contributed by atoms with E-state index in [2.05, 4.69) is 5.32 Å². The fraction of sp³-hybridized carbons (Fsp3) is 0.241. The highest BCUT2D eigenvalue weighted by Gasteiger charge is 2.28. The third-order valence-corrected chi connectivity index (χ3v) is 5.35. The molecule has 0 heterocycles. The Morgan fingerprint density at radius 3 is 1.83 bits per heavy atom. The molecule has 0 aliphatic carbocycles. The smallest absolute Gasteiger partial charge is 0.445 e. The number of nitrogens with one attached hydrogen (secondary N) is 1. The van der Waals surface area contributed by atoms with Crippen molar-refractivity contribution in [2.45, 2.75) is 38.2 Å². The molecule has 0 fully saturated rings. The van der Waals surface area contributed by atoms with Crippen molar-refractivity contribution in [3.05, 3.63) is 120 Å². The van der Waals surface area contributed by atoms with Gasteiger partial charge in [-0.3, -0.25) is 0 Å². The molecule has 7 nitrogen and oxygen atoms in total. The van der Waals surface area contributed by atoms with Crippen LogP contribution in [0.4, 0.5) is 9.59 Å². The fourth-order valence-electron chi connectivity index (χ4n) is 3.53. The molecular formula is C29H31NO6. The first-order valence-corrected chi connectivity index (χ1v) is 11.8. The lowest BCUT2D eigenvalue weighted by molar-refractivity contribution is 0.00634. The van der Waals surface area contributed by atoms with Crippen LogP contribution >= 0.6 is 0 Å². The van der Waals surface area contributed by atoms with E-state index in [9.17, 15) is 9.59 Å². The molecule has 0 aliphatic heterocycles. The number of hydrogen-bond donors (Lipinski definition) is 2.